The molecule has 2 N–H and O–H groups in total. The first-order valence-electron chi connectivity index (χ1n) is 10.3. The van der Waals surface area contributed by atoms with E-state index in [1.54, 1.807) is 12.1 Å². The summed E-state index contributed by atoms with van der Waals surface area (Å²) < 4.78 is 5.27. The van der Waals surface area contributed by atoms with E-state index in [-0.39, 0.29) is 17.9 Å². The Bertz CT molecular complexity index is 1010. The Kier molecular flexibility index (Phi) is 6.20. The van der Waals surface area contributed by atoms with E-state index >= 15 is 0 Å². The molecule has 0 atom stereocenters. The molecule has 2 amide bonds. The smallest absolute Gasteiger partial charge is 0.276 e. The van der Waals surface area contributed by atoms with Crippen LogP contribution in [-0.2, 0) is 0 Å². The molecule has 0 aliphatic heterocycles. The molecule has 0 saturated heterocycles. The summed E-state index contributed by atoms with van der Waals surface area (Å²) in [7, 11) is 0. The quantitative estimate of drug-likeness (QED) is 0.609. The molecule has 0 unspecified atom stereocenters. The molecule has 29 heavy (non-hydrogen) atoms. The van der Waals surface area contributed by atoms with Crippen molar-refractivity contribution in [3.05, 3.63) is 59.8 Å². The van der Waals surface area contributed by atoms with Gasteiger partial charge in [0, 0.05) is 11.4 Å². The fourth-order valence-electron chi connectivity index (χ4n) is 3.88. The van der Waals surface area contributed by atoms with Gasteiger partial charge in [-0.1, -0.05) is 62.4 Å². The molecule has 6 heteroatoms. The highest BCUT2D eigenvalue weighted by Crippen LogP contribution is 2.24. The minimum Gasteiger partial charge on any atom is -0.349 e. The molecule has 0 radical (unpaired) electrons. The number of anilines is 1. The number of nitrogens with one attached hydrogen (secondary N) is 2. The third kappa shape index (κ3) is 4.65. The van der Waals surface area contributed by atoms with Gasteiger partial charge >= 0.3 is 0 Å². The number of nitrogens with zero attached hydrogens (tertiary/aromatic N) is 1. The van der Waals surface area contributed by atoms with Gasteiger partial charge in [-0.25, -0.2) is 0 Å². The van der Waals surface area contributed by atoms with Crippen molar-refractivity contribution < 1.29 is 9.59 Å². The average Bonchev–Trinajstić information content (AvgIpc) is 3.14. The zero-order chi connectivity index (χ0) is 20.1. The van der Waals surface area contributed by atoms with Crippen molar-refractivity contribution in [3.8, 4) is 0 Å². The van der Waals surface area contributed by atoms with Crippen molar-refractivity contribution in [2.75, 3.05) is 5.32 Å². The average molecular weight is 408 g/mol. The van der Waals surface area contributed by atoms with E-state index < -0.39 is 0 Å². The molecule has 1 aliphatic rings. The number of hydrogen-bond donors (Lipinski definition) is 2. The Morgan fingerprint density at radius 3 is 2.38 bits per heavy atom. The van der Waals surface area contributed by atoms with E-state index in [1.165, 1.54) is 30.8 Å². The zero-order valence-electron chi connectivity index (χ0n) is 16.3. The van der Waals surface area contributed by atoms with Crippen LogP contribution < -0.4 is 10.6 Å². The molecule has 4 rings (SSSR count). The molecule has 1 heterocycles. The van der Waals surface area contributed by atoms with E-state index in [0.717, 1.165) is 35.8 Å². The third-order valence-electron chi connectivity index (χ3n) is 5.45. The number of fused-ring (bicyclic) bond motifs is 1. The van der Waals surface area contributed by atoms with Gasteiger partial charge in [0.25, 0.3) is 11.8 Å². The number of amides is 2. The van der Waals surface area contributed by atoms with E-state index in [2.05, 4.69) is 15.0 Å². The number of carbonyl (C=O) groups is 2. The second kappa shape index (κ2) is 9.18. The van der Waals surface area contributed by atoms with Gasteiger partial charge in [-0.15, -0.1) is 0 Å². The van der Waals surface area contributed by atoms with Crippen LogP contribution in [0.15, 0.2) is 48.5 Å². The van der Waals surface area contributed by atoms with Crippen molar-refractivity contribution in [2.45, 2.75) is 51.0 Å². The molecule has 0 bridgehead atoms. The summed E-state index contributed by atoms with van der Waals surface area (Å²) in [5.41, 5.74) is 1.39. The Morgan fingerprint density at radius 1 is 0.862 bits per heavy atom. The third-order valence-corrected chi connectivity index (χ3v) is 6.28. The van der Waals surface area contributed by atoms with Crippen LogP contribution in [0.25, 0.3) is 10.1 Å². The molecule has 3 aromatic rings. The second-order valence-electron chi connectivity index (χ2n) is 7.54. The van der Waals surface area contributed by atoms with Crippen LogP contribution >= 0.6 is 11.5 Å². The largest absolute Gasteiger partial charge is 0.349 e. The van der Waals surface area contributed by atoms with E-state index in [1.807, 2.05) is 36.4 Å². The van der Waals surface area contributed by atoms with Gasteiger partial charge in [-0.2, -0.15) is 4.37 Å². The van der Waals surface area contributed by atoms with Crippen molar-refractivity contribution in [3.63, 3.8) is 0 Å². The van der Waals surface area contributed by atoms with Gasteiger partial charge in [-0.3, -0.25) is 9.59 Å². The number of benzene rings is 2. The number of para-hydroxylation sites is 1. The first kappa shape index (κ1) is 19.6. The van der Waals surface area contributed by atoms with Crippen LogP contribution in [0, 0.1) is 0 Å². The van der Waals surface area contributed by atoms with Gasteiger partial charge in [0.2, 0.25) is 0 Å². The lowest BCUT2D eigenvalue weighted by atomic mass is 9.96. The lowest BCUT2D eigenvalue weighted by Gasteiger charge is -2.21. The molecule has 1 aromatic heterocycles. The molecule has 2 aromatic carbocycles. The molecule has 150 valence electrons. The van der Waals surface area contributed by atoms with E-state index in [4.69, 9.17) is 0 Å². The zero-order valence-corrected chi connectivity index (χ0v) is 17.1. The Morgan fingerprint density at radius 2 is 1.55 bits per heavy atom. The van der Waals surface area contributed by atoms with E-state index in [9.17, 15) is 9.59 Å². The summed E-state index contributed by atoms with van der Waals surface area (Å²) in [4.78, 5) is 25.8. The number of carbonyl (C=O) groups excluding carboxylic acids is 2. The minimum atomic E-state index is -0.298. The van der Waals surface area contributed by atoms with Crippen LogP contribution in [0.4, 0.5) is 5.69 Å². The SMILES string of the molecule is O=C(NC1CCCCCCC1)c1ccccc1NC(=O)c1nsc2ccccc12. The first-order valence-corrected chi connectivity index (χ1v) is 11.1. The lowest BCUT2D eigenvalue weighted by Crippen LogP contribution is -2.35. The Hall–Kier alpha value is -2.73. The number of aromatic nitrogens is 1. The van der Waals surface area contributed by atoms with Crippen LogP contribution in [0.3, 0.4) is 0 Å². The predicted molar refractivity (Wildman–Crippen MR) is 118 cm³/mol. The Balaban J connectivity index is 1.50. The van der Waals surface area contributed by atoms with Crippen molar-refractivity contribution in [2.24, 2.45) is 0 Å². The van der Waals surface area contributed by atoms with Crippen LogP contribution in [0.1, 0.15) is 65.8 Å². The van der Waals surface area contributed by atoms with Crippen molar-refractivity contribution in [1.29, 1.82) is 0 Å². The minimum absolute atomic E-state index is 0.130. The highest BCUT2D eigenvalue weighted by Gasteiger charge is 2.20. The lowest BCUT2D eigenvalue weighted by molar-refractivity contribution is 0.0931. The second-order valence-corrected chi connectivity index (χ2v) is 8.35. The molecule has 0 spiro atoms. The van der Waals surface area contributed by atoms with Crippen molar-refractivity contribution >= 4 is 39.1 Å². The first-order chi connectivity index (χ1) is 14.2. The highest BCUT2D eigenvalue weighted by atomic mass is 32.1. The van der Waals surface area contributed by atoms with Crippen LogP contribution in [0.2, 0.25) is 0 Å². The topological polar surface area (TPSA) is 71.1 Å². The monoisotopic (exact) mass is 407 g/mol. The van der Waals surface area contributed by atoms with Crippen LogP contribution in [-0.4, -0.2) is 22.2 Å². The molecule has 1 saturated carbocycles. The van der Waals surface area contributed by atoms with Gasteiger partial charge in [-0.05, 0) is 42.6 Å². The summed E-state index contributed by atoms with van der Waals surface area (Å²) in [5, 5.41) is 6.89. The summed E-state index contributed by atoms with van der Waals surface area (Å²) in [6.07, 6.45) is 8.11. The standard InChI is InChI=1S/C23H25N3O2S/c27-22(24-16-10-4-2-1-3-5-11-16)17-12-6-8-14-19(17)25-23(28)21-18-13-7-9-15-20(18)29-26-21/h6-9,12-16H,1-5,10-11H2,(H,24,27)(H,25,28). The van der Waals surface area contributed by atoms with Gasteiger partial charge in [0.1, 0.15) is 5.69 Å². The molecule has 5 nitrogen and oxygen atoms in total. The number of hydrogen-bond acceptors (Lipinski definition) is 4. The fourth-order valence-corrected chi connectivity index (χ4v) is 4.66. The summed E-state index contributed by atoms with van der Waals surface area (Å²) >= 11 is 1.30. The summed E-state index contributed by atoms with van der Waals surface area (Å²) in [6, 6.07) is 15.0. The van der Waals surface area contributed by atoms with Gasteiger partial charge in [0.05, 0.1) is 16.0 Å². The molecule has 1 fully saturated rings. The van der Waals surface area contributed by atoms with Gasteiger partial charge in [0.15, 0.2) is 0 Å². The molecule has 1 aliphatic carbocycles. The summed E-state index contributed by atoms with van der Waals surface area (Å²) in [5.74, 6) is -0.428. The normalized spacial score (nSPS) is 15.4. The maximum atomic E-state index is 12.9. The van der Waals surface area contributed by atoms with E-state index in [0.29, 0.717) is 16.9 Å². The Labute approximate surface area is 174 Å². The number of rotatable bonds is 4. The molecular weight excluding hydrogens is 382 g/mol. The van der Waals surface area contributed by atoms with Crippen LogP contribution in [0.5, 0.6) is 0 Å². The fraction of sp³-hybridized carbons (Fsp3) is 0.348. The summed E-state index contributed by atoms with van der Waals surface area (Å²) in [6.45, 7) is 0. The predicted octanol–water partition coefficient (Wildman–Crippen LogP) is 5.39. The maximum Gasteiger partial charge on any atom is 0.276 e. The molecular formula is C23H25N3O2S. The highest BCUT2D eigenvalue weighted by molar-refractivity contribution is 7.13. The van der Waals surface area contributed by atoms with Gasteiger partial charge < -0.3 is 10.6 Å². The van der Waals surface area contributed by atoms with Crippen molar-refractivity contribution in [1.82, 2.24) is 9.69 Å². The maximum absolute atomic E-state index is 12.9.